The minimum atomic E-state index is -1.01. The molecule has 1 N–H and O–H groups in total. The van der Waals surface area contributed by atoms with Crippen LogP contribution >= 0.6 is 11.6 Å². The van der Waals surface area contributed by atoms with Gasteiger partial charge in [-0.05, 0) is 25.0 Å². The maximum absolute atomic E-state index is 12.4. The molecule has 0 spiro atoms. The molecule has 1 unspecified atom stereocenters. The van der Waals surface area contributed by atoms with Crippen molar-refractivity contribution in [2.45, 2.75) is 37.6 Å². The van der Waals surface area contributed by atoms with Crippen LogP contribution in [-0.4, -0.2) is 53.3 Å². The molecule has 1 aromatic carbocycles. The fourth-order valence-electron chi connectivity index (χ4n) is 2.95. The number of nitrogens with zero attached hydrogens (tertiary/aromatic N) is 1. The van der Waals surface area contributed by atoms with Crippen LogP contribution in [0.15, 0.2) is 24.3 Å². The number of carboxylic acid groups (broad SMARTS) is 1. The number of halogens is 1. The van der Waals surface area contributed by atoms with Crippen molar-refractivity contribution in [2.75, 3.05) is 13.1 Å². The van der Waals surface area contributed by atoms with Crippen molar-refractivity contribution in [1.82, 2.24) is 4.90 Å². The number of amides is 1. The van der Waals surface area contributed by atoms with Crippen molar-refractivity contribution in [1.29, 1.82) is 0 Å². The van der Waals surface area contributed by atoms with Gasteiger partial charge in [0.15, 0.2) is 6.10 Å². The summed E-state index contributed by atoms with van der Waals surface area (Å²) in [6.45, 7) is 1.03. The van der Waals surface area contributed by atoms with Crippen molar-refractivity contribution in [3.63, 3.8) is 0 Å². The molecule has 2 saturated heterocycles. The van der Waals surface area contributed by atoms with Crippen molar-refractivity contribution >= 4 is 23.5 Å². The van der Waals surface area contributed by atoms with Crippen LogP contribution in [0.5, 0.6) is 5.75 Å². The third-order valence-corrected chi connectivity index (χ3v) is 4.47. The maximum atomic E-state index is 12.4. The lowest BCUT2D eigenvalue weighted by Crippen LogP contribution is -2.39. The average molecular weight is 340 g/mol. The summed E-state index contributed by atoms with van der Waals surface area (Å²) in [6, 6.07) is 7.23. The Kier molecular flexibility index (Phi) is 4.73. The van der Waals surface area contributed by atoms with Crippen LogP contribution in [0.25, 0.3) is 0 Å². The molecule has 2 aliphatic heterocycles. The Balaban J connectivity index is 1.54. The number of benzene rings is 1. The highest BCUT2D eigenvalue weighted by molar-refractivity contribution is 6.32. The first-order valence-corrected chi connectivity index (χ1v) is 8.00. The summed E-state index contributed by atoms with van der Waals surface area (Å²) in [5, 5.41) is 9.47. The molecule has 124 valence electrons. The van der Waals surface area contributed by atoms with Crippen LogP contribution in [0.4, 0.5) is 0 Å². The molecule has 2 aliphatic rings. The van der Waals surface area contributed by atoms with Crippen LogP contribution < -0.4 is 4.74 Å². The van der Waals surface area contributed by atoms with Crippen LogP contribution in [0.3, 0.4) is 0 Å². The standard InChI is InChI=1S/C16H18ClNO5/c17-11-3-1-2-4-12(11)22-10-7-8-18(9-10)15(19)13-5-6-14(23-13)16(20)21/h1-4,10,13-14H,5-9H2,(H,20,21)/t10?,13-,14+/m0/s1. The third kappa shape index (κ3) is 3.59. The van der Waals surface area contributed by atoms with Gasteiger partial charge in [0, 0.05) is 13.0 Å². The molecule has 0 saturated carbocycles. The summed E-state index contributed by atoms with van der Waals surface area (Å²) in [5.41, 5.74) is 0. The Morgan fingerprint density at radius 2 is 1.96 bits per heavy atom. The molecule has 3 atom stereocenters. The summed E-state index contributed by atoms with van der Waals surface area (Å²) in [5.74, 6) is -0.558. The first-order chi connectivity index (χ1) is 11.0. The Labute approximate surface area is 138 Å². The summed E-state index contributed by atoms with van der Waals surface area (Å²) in [4.78, 5) is 25.0. The molecule has 2 fully saturated rings. The predicted molar refractivity (Wildman–Crippen MR) is 82.6 cm³/mol. The minimum absolute atomic E-state index is 0.115. The topological polar surface area (TPSA) is 76.1 Å². The quantitative estimate of drug-likeness (QED) is 0.907. The van der Waals surface area contributed by atoms with Gasteiger partial charge in [-0.3, -0.25) is 4.79 Å². The molecule has 0 radical (unpaired) electrons. The van der Waals surface area contributed by atoms with Crippen molar-refractivity contribution in [3.8, 4) is 5.75 Å². The second-order valence-corrected chi connectivity index (χ2v) is 6.18. The number of likely N-dealkylation sites (tertiary alicyclic amines) is 1. The van der Waals surface area contributed by atoms with Crippen molar-refractivity contribution < 1.29 is 24.2 Å². The first-order valence-electron chi connectivity index (χ1n) is 7.63. The number of carbonyl (C=O) groups excluding carboxylic acids is 1. The molecule has 1 amide bonds. The Morgan fingerprint density at radius 3 is 2.65 bits per heavy atom. The Hall–Kier alpha value is -1.79. The third-order valence-electron chi connectivity index (χ3n) is 4.16. The van der Waals surface area contributed by atoms with Crippen LogP contribution in [-0.2, 0) is 14.3 Å². The SMILES string of the molecule is O=C(O)[C@H]1CC[C@@H](C(=O)N2CCC(Oc3ccccc3Cl)C2)O1. The van der Waals surface area contributed by atoms with E-state index < -0.39 is 18.2 Å². The number of aliphatic carboxylic acids is 1. The van der Waals surface area contributed by atoms with Crippen LogP contribution in [0, 0.1) is 0 Å². The maximum Gasteiger partial charge on any atom is 0.332 e. The first kappa shape index (κ1) is 16.1. The number of para-hydroxylation sites is 1. The van der Waals surface area contributed by atoms with Crippen molar-refractivity contribution in [3.05, 3.63) is 29.3 Å². The molecule has 3 rings (SSSR count). The molecule has 0 bridgehead atoms. The van der Waals surface area contributed by atoms with E-state index in [1.807, 2.05) is 12.1 Å². The fourth-order valence-corrected chi connectivity index (χ4v) is 3.13. The van der Waals surface area contributed by atoms with Gasteiger partial charge < -0.3 is 19.5 Å². The zero-order valence-corrected chi connectivity index (χ0v) is 13.2. The molecule has 0 aromatic heterocycles. The van der Waals surface area contributed by atoms with E-state index in [1.54, 1.807) is 17.0 Å². The number of carboxylic acids is 1. The molecule has 7 heteroatoms. The molecule has 0 aliphatic carbocycles. The van der Waals surface area contributed by atoms with Crippen LogP contribution in [0.2, 0.25) is 5.02 Å². The van der Waals surface area contributed by atoms with E-state index in [9.17, 15) is 9.59 Å². The minimum Gasteiger partial charge on any atom is -0.487 e. The van der Waals surface area contributed by atoms with Gasteiger partial charge in [0.05, 0.1) is 11.6 Å². The van der Waals surface area contributed by atoms with Gasteiger partial charge in [0.2, 0.25) is 0 Å². The second kappa shape index (κ2) is 6.76. The van der Waals surface area contributed by atoms with E-state index in [0.29, 0.717) is 43.1 Å². The largest absolute Gasteiger partial charge is 0.487 e. The molecular weight excluding hydrogens is 322 g/mol. The lowest BCUT2D eigenvalue weighted by molar-refractivity contribution is -0.154. The summed E-state index contributed by atoms with van der Waals surface area (Å²) in [6.07, 6.45) is -0.111. The average Bonchev–Trinajstić information content (AvgIpc) is 3.18. The van der Waals surface area contributed by atoms with Gasteiger partial charge in [-0.25, -0.2) is 4.79 Å². The lowest BCUT2D eigenvalue weighted by atomic mass is 10.2. The van der Waals surface area contributed by atoms with Crippen LogP contribution in [0.1, 0.15) is 19.3 Å². The zero-order chi connectivity index (χ0) is 16.4. The second-order valence-electron chi connectivity index (χ2n) is 5.77. The molecule has 23 heavy (non-hydrogen) atoms. The Morgan fingerprint density at radius 1 is 1.22 bits per heavy atom. The van der Waals surface area contributed by atoms with Crippen molar-refractivity contribution in [2.24, 2.45) is 0 Å². The normalized spacial score (nSPS) is 27.2. The monoisotopic (exact) mass is 339 g/mol. The summed E-state index contributed by atoms with van der Waals surface area (Å²) < 4.78 is 11.2. The Bertz CT molecular complexity index is 608. The van der Waals surface area contributed by atoms with E-state index in [2.05, 4.69) is 0 Å². The zero-order valence-electron chi connectivity index (χ0n) is 12.5. The summed E-state index contributed by atoms with van der Waals surface area (Å²) in [7, 11) is 0. The fraction of sp³-hybridized carbons (Fsp3) is 0.500. The van der Waals surface area contributed by atoms with Gasteiger partial charge in [-0.15, -0.1) is 0 Å². The van der Waals surface area contributed by atoms with E-state index in [-0.39, 0.29) is 12.0 Å². The number of hydrogen-bond donors (Lipinski definition) is 1. The molecule has 6 nitrogen and oxygen atoms in total. The van der Waals surface area contributed by atoms with E-state index in [1.165, 1.54) is 0 Å². The predicted octanol–water partition coefficient (Wildman–Crippen LogP) is 1.95. The molecule has 2 heterocycles. The number of ether oxygens (including phenoxy) is 2. The lowest BCUT2D eigenvalue weighted by Gasteiger charge is -2.21. The number of hydrogen-bond acceptors (Lipinski definition) is 4. The highest BCUT2D eigenvalue weighted by Crippen LogP contribution is 2.28. The highest BCUT2D eigenvalue weighted by Gasteiger charge is 2.39. The smallest absolute Gasteiger partial charge is 0.332 e. The van der Waals surface area contributed by atoms with E-state index in [0.717, 1.165) is 0 Å². The van der Waals surface area contributed by atoms with Gasteiger partial charge in [-0.2, -0.15) is 0 Å². The summed E-state index contributed by atoms with van der Waals surface area (Å²) >= 11 is 6.07. The van der Waals surface area contributed by atoms with E-state index >= 15 is 0 Å². The van der Waals surface area contributed by atoms with Gasteiger partial charge in [-0.1, -0.05) is 23.7 Å². The number of rotatable bonds is 4. The van der Waals surface area contributed by atoms with Gasteiger partial charge in [0.25, 0.3) is 5.91 Å². The highest BCUT2D eigenvalue weighted by atomic mass is 35.5. The van der Waals surface area contributed by atoms with E-state index in [4.69, 9.17) is 26.2 Å². The molecular formula is C16H18ClNO5. The molecule has 1 aromatic rings. The number of carbonyl (C=O) groups is 2. The van der Waals surface area contributed by atoms with Gasteiger partial charge in [0.1, 0.15) is 18.0 Å². The van der Waals surface area contributed by atoms with Gasteiger partial charge >= 0.3 is 5.97 Å².